The number of hydrogen-bond donors (Lipinski definition) is 2. The number of halogens is 4. The van der Waals surface area contributed by atoms with Crippen molar-refractivity contribution in [3.63, 3.8) is 0 Å². The number of anilines is 1. The molecule has 0 saturated carbocycles. The molecule has 23 heavy (non-hydrogen) atoms. The normalized spacial score (nSPS) is 17.2. The summed E-state index contributed by atoms with van der Waals surface area (Å²) in [6, 6.07) is 5.80. The Morgan fingerprint density at radius 2 is 2.00 bits per heavy atom. The van der Waals surface area contributed by atoms with Gasteiger partial charge in [0.05, 0.1) is 6.42 Å². The number of benzene rings is 1. The molecule has 1 fully saturated rings. The topological polar surface area (TPSA) is 50.4 Å². The first-order valence-corrected chi connectivity index (χ1v) is 7.08. The maximum absolute atomic E-state index is 12.4. The van der Waals surface area contributed by atoms with Crippen LogP contribution < -0.4 is 10.6 Å². The van der Waals surface area contributed by atoms with E-state index >= 15 is 0 Å². The molecule has 8 heteroatoms. The molecule has 1 aromatic rings. The third kappa shape index (κ3) is 5.37. The number of nitrogens with one attached hydrogen (secondary N) is 2. The number of amides is 1. The molecule has 0 aromatic heterocycles. The number of carbonyl (C=O) groups is 1. The number of methoxy groups -OCH3 is 1. The van der Waals surface area contributed by atoms with Crippen LogP contribution in [0, 0.1) is 0 Å². The van der Waals surface area contributed by atoms with Gasteiger partial charge < -0.3 is 15.4 Å². The van der Waals surface area contributed by atoms with E-state index in [-0.39, 0.29) is 23.9 Å². The molecular formula is C15H20ClF3N2O2. The number of hydrogen-bond acceptors (Lipinski definition) is 3. The molecule has 4 nitrogen and oxygen atoms in total. The van der Waals surface area contributed by atoms with Crippen LogP contribution in [0.3, 0.4) is 0 Å². The number of ether oxygens (including phenoxy) is 1. The fourth-order valence-electron chi connectivity index (χ4n) is 2.59. The van der Waals surface area contributed by atoms with Gasteiger partial charge in [0.1, 0.15) is 5.60 Å². The van der Waals surface area contributed by atoms with Gasteiger partial charge >= 0.3 is 6.18 Å². The van der Waals surface area contributed by atoms with E-state index in [1.165, 1.54) is 25.3 Å². The van der Waals surface area contributed by atoms with Crippen molar-refractivity contribution in [3.05, 3.63) is 29.8 Å². The minimum Gasteiger partial charge on any atom is -0.368 e. The van der Waals surface area contributed by atoms with Gasteiger partial charge in [-0.1, -0.05) is 12.1 Å². The maximum Gasteiger partial charge on any atom is 0.393 e. The van der Waals surface area contributed by atoms with Gasteiger partial charge in [0.2, 0.25) is 0 Å². The molecule has 1 amide bonds. The quantitative estimate of drug-likeness (QED) is 0.876. The fraction of sp³-hybridized carbons (Fsp3) is 0.533. The minimum absolute atomic E-state index is 0. The Bertz CT molecular complexity index is 532. The minimum atomic E-state index is -4.27. The Kier molecular flexibility index (Phi) is 6.85. The van der Waals surface area contributed by atoms with Gasteiger partial charge in [0.25, 0.3) is 5.91 Å². The first-order chi connectivity index (χ1) is 10.3. The standard InChI is InChI=1S/C15H19F3N2O2.ClH/c1-22-14(5-7-19-8-6-14)13(21)20-12-4-2-3-11(9-12)10-15(16,17)18;/h2-4,9,19H,5-8,10H2,1H3,(H,20,21);1H. The zero-order chi connectivity index (χ0) is 16.2. The number of piperidine rings is 1. The van der Waals surface area contributed by atoms with Gasteiger partial charge in [-0.2, -0.15) is 13.2 Å². The first kappa shape index (κ1) is 19.7. The second kappa shape index (κ2) is 7.99. The van der Waals surface area contributed by atoms with Crippen LogP contribution in [-0.4, -0.2) is 37.9 Å². The summed E-state index contributed by atoms with van der Waals surface area (Å²) in [6.07, 6.45) is -4.24. The molecule has 0 spiro atoms. The van der Waals surface area contributed by atoms with Crippen molar-refractivity contribution < 1.29 is 22.7 Å². The van der Waals surface area contributed by atoms with Crippen LogP contribution >= 0.6 is 12.4 Å². The Hall–Kier alpha value is -1.31. The van der Waals surface area contributed by atoms with Crippen molar-refractivity contribution in [3.8, 4) is 0 Å². The summed E-state index contributed by atoms with van der Waals surface area (Å²) in [7, 11) is 1.48. The SMILES string of the molecule is COC1(C(=O)Nc2cccc(CC(F)(F)F)c2)CCNCC1.Cl. The molecule has 2 rings (SSSR count). The fourth-order valence-corrected chi connectivity index (χ4v) is 2.59. The van der Waals surface area contributed by atoms with Crippen LogP contribution in [0.15, 0.2) is 24.3 Å². The lowest BCUT2D eigenvalue weighted by molar-refractivity contribution is -0.140. The van der Waals surface area contributed by atoms with Crippen molar-refractivity contribution in [1.29, 1.82) is 0 Å². The van der Waals surface area contributed by atoms with Gasteiger partial charge in [-0.3, -0.25) is 4.79 Å². The smallest absolute Gasteiger partial charge is 0.368 e. The van der Waals surface area contributed by atoms with E-state index in [0.717, 1.165) is 0 Å². The predicted octanol–water partition coefficient (Wildman–Crippen LogP) is 2.92. The highest BCUT2D eigenvalue weighted by Crippen LogP contribution is 2.26. The van der Waals surface area contributed by atoms with Crippen molar-refractivity contribution >= 4 is 24.0 Å². The van der Waals surface area contributed by atoms with Gasteiger partial charge in [-0.15, -0.1) is 12.4 Å². The van der Waals surface area contributed by atoms with Gasteiger partial charge in [0, 0.05) is 12.8 Å². The lowest BCUT2D eigenvalue weighted by Crippen LogP contribution is -2.51. The van der Waals surface area contributed by atoms with Crippen LogP contribution in [0.2, 0.25) is 0 Å². The average Bonchev–Trinajstić information content (AvgIpc) is 2.46. The number of rotatable bonds is 4. The van der Waals surface area contributed by atoms with Crippen LogP contribution in [0.5, 0.6) is 0 Å². The van der Waals surface area contributed by atoms with Crippen LogP contribution in [0.1, 0.15) is 18.4 Å². The summed E-state index contributed by atoms with van der Waals surface area (Å²) in [4.78, 5) is 12.4. The summed E-state index contributed by atoms with van der Waals surface area (Å²) in [5.41, 5.74) is -0.463. The Balaban J connectivity index is 0.00000264. The van der Waals surface area contributed by atoms with Crippen LogP contribution in [0.4, 0.5) is 18.9 Å². The summed E-state index contributed by atoms with van der Waals surface area (Å²) in [6.45, 7) is 1.32. The molecule has 1 heterocycles. The lowest BCUT2D eigenvalue weighted by Gasteiger charge is -2.34. The maximum atomic E-state index is 12.4. The van der Waals surface area contributed by atoms with E-state index in [9.17, 15) is 18.0 Å². The Morgan fingerprint density at radius 1 is 1.35 bits per heavy atom. The molecule has 0 unspecified atom stereocenters. The molecule has 0 aliphatic carbocycles. The molecule has 0 radical (unpaired) electrons. The second-order valence-electron chi connectivity index (χ2n) is 5.39. The summed E-state index contributed by atoms with van der Waals surface area (Å²) in [5.74, 6) is -0.319. The highest BCUT2D eigenvalue weighted by Gasteiger charge is 2.39. The monoisotopic (exact) mass is 352 g/mol. The third-order valence-electron chi connectivity index (χ3n) is 3.81. The Morgan fingerprint density at radius 3 is 2.57 bits per heavy atom. The molecule has 1 aliphatic heterocycles. The first-order valence-electron chi connectivity index (χ1n) is 7.08. The number of carbonyl (C=O) groups excluding carboxylic acids is 1. The van der Waals surface area contributed by atoms with Crippen molar-refractivity contribution in [2.24, 2.45) is 0 Å². The van der Waals surface area contributed by atoms with Crippen LogP contribution in [-0.2, 0) is 16.0 Å². The molecule has 1 saturated heterocycles. The van der Waals surface area contributed by atoms with Crippen LogP contribution in [0.25, 0.3) is 0 Å². The highest BCUT2D eigenvalue weighted by atomic mass is 35.5. The van der Waals surface area contributed by atoms with Crippen molar-refractivity contribution in [2.75, 3.05) is 25.5 Å². The second-order valence-corrected chi connectivity index (χ2v) is 5.39. The van der Waals surface area contributed by atoms with E-state index in [0.29, 0.717) is 31.6 Å². The van der Waals surface area contributed by atoms with E-state index in [1.54, 1.807) is 6.07 Å². The third-order valence-corrected chi connectivity index (χ3v) is 3.81. The zero-order valence-electron chi connectivity index (χ0n) is 12.7. The molecule has 1 aromatic carbocycles. The lowest BCUT2D eigenvalue weighted by atomic mass is 9.91. The summed E-state index contributed by atoms with van der Waals surface area (Å²) < 4.78 is 42.7. The van der Waals surface area contributed by atoms with E-state index in [4.69, 9.17) is 4.74 Å². The summed E-state index contributed by atoms with van der Waals surface area (Å²) >= 11 is 0. The molecular weight excluding hydrogens is 333 g/mol. The van der Waals surface area contributed by atoms with E-state index in [2.05, 4.69) is 10.6 Å². The number of alkyl halides is 3. The molecule has 0 bridgehead atoms. The summed E-state index contributed by atoms with van der Waals surface area (Å²) in [5, 5.41) is 5.81. The highest BCUT2D eigenvalue weighted by molar-refractivity contribution is 5.97. The molecule has 1 aliphatic rings. The predicted molar refractivity (Wildman–Crippen MR) is 83.9 cm³/mol. The van der Waals surface area contributed by atoms with Gasteiger partial charge in [-0.05, 0) is 43.6 Å². The Labute approximate surface area is 139 Å². The molecule has 0 atom stereocenters. The van der Waals surface area contributed by atoms with Crippen molar-refractivity contribution in [2.45, 2.75) is 31.0 Å². The van der Waals surface area contributed by atoms with Crippen molar-refractivity contribution in [1.82, 2.24) is 5.32 Å². The van der Waals surface area contributed by atoms with E-state index in [1.807, 2.05) is 0 Å². The zero-order valence-corrected chi connectivity index (χ0v) is 13.5. The largest absolute Gasteiger partial charge is 0.393 e. The molecule has 2 N–H and O–H groups in total. The van der Waals surface area contributed by atoms with Gasteiger partial charge in [0.15, 0.2) is 0 Å². The molecule has 130 valence electrons. The average molecular weight is 353 g/mol. The van der Waals surface area contributed by atoms with E-state index < -0.39 is 18.2 Å². The van der Waals surface area contributed by atoms with Gasteiger partial charge in [-0.25, -0.2) is 0 Å².